The van der Waals surface area contributed by atoms with Crippen LogP contribution in [-0.4, -0.2) is 0 Å². The zero-order chi connectivity index (χ0) is 18.4. The SMILES string of the molecule is [C-]#[N+]c1cc(C(C)C)c2c(c1)oc1c(-c3cccc[n+]3C)c(C)ccc12. The zero-order valence-corrected chi connectivity index (χ0v) is 15.5. The molecule has 26 heavy (non-hydrogen) atoms. The molecular weight excluding hydrogens is 320 g/mol. The van der Waals surface area contributed by atoms with E-state index < -0.39 is 0 Å². The van der Waals surface area contributed by atoms with Crippen LogP contribution in [-0.2, 0) is 7.05 Å². The first-order valence-corrected chi connectivity index (χ1v) is 8.83. The third-order valence-corrected chi connectivity index (χ3v) is 5.03. The van der Waals surface area contributed by atoms with E-state index in [4.69, 9.17) is 11.0 Å². The molecule has 0 amide bonds. The van der Waals surface area contributed by atoms with Crippen LogP contribution < -0.4 is 4.57 Å². The molecule has 0 saturated heterocycles. The maximum absolute atomic E-state index is 7.41. The molecule has 0 spiro atoms. The van der Waals surface area contributed by atoms with Gasteiger partial charge in [-0.2, -0.15) is 0 Å². The van der Waals surface area contributed by atoms with Crippen molar-refractivity contribution in [1.29, 1.82) is 0 Å². The monoisotopic (exact) mass is 341 g/mol. The second kappa shape index (κ2) is 6.00. The maximum Gasteiger partial charge on any atom is 0.216 e. The maximum atomic E-state index is 7.41. The van der Waals surface area contributed by atoms with Gasteiger partial charge in [0, 0.05) is 22.9 Å². The molecule has 2 aromatic carbocycles. The first kappa shape index (κ1) is 16.4. The fourth-order valence-corrected chi connectivity index (χ4v) is 3.71. The summed E-state index contributed by atoms with van der Waals surface area (Å²) in [6.07, 6.45) is 2.05. The molecular formula is C23H21N2O+. The molecule has 0 aliphatic rings. The second-order valence-electron chi connectivity index (χ2n) is 7.11. The first-order valence-electron chi connectivity index (χ1n) is 8.83. The lowest BCUT2D eigenvalue weighted by atomic mass is 9.94. The number of hydrogen-bond acceptors (Lipinski definition) is 1. The number of nitrogens with zero attached hydrogens (tertiary/aromatic N) is 2. The standard InChI is InChI=1S/C23H21N2O/c1-14(2)18-12-16(24-4)13-20-22(18)17-10-9-15(3)21(23(17)26-20)19-8-6-7-11-25(19)5/h6-14H,1-3,5H3/q+1. The number of rotatable bonds is 2. The fraction of sp³-hybridized carbons (Fsp3) is 0.217. The van der Waals surface area contributed by atoms with Crippen molar-refractivity contribution in [3.05, 3.63) is 71.2 Å². The van der Waals surface area contributed by atoms with Gasteiger partial charge in [-0.05, 0) is 36.1 Å². The van der Waals surface area contributed by atoms with Crippen LogP contribution in [0.4, 0.5) is 5.69 Å². The Kier molecular flexibility index (Phi) is 3.77. The van der Waals surface area contributed by atoms with Crippen molar-refractivity contribution in [2.75, 3.05) is 0 Å². The predicted molar refractivity (Wildman–Crippen MR) is 105 cm³/mol. The van der Waals surface area contributed by atoms with Gasteiger partial charge in [-0.15, -0.1) is 0 Å². The summed E-state index contributed by atoms with van der Waals surface area (Å²) in [5, 5.41) is 2.24. The van der Waals surface area contributed by atoms with Crippen molar-refractivity contribution in [1.82, 2.24) is 0 Å². The Morgan fingerprint density at radius 2 is 1.92 bits per heavy atom. The lowest BCUT2D eigenvalue weighted by molar-refractivity contribution is -0.660. The van der Waals surface area contributed by atoms with Crippen molar-refractivity contribution in [3.63, 3.8) is 0 Å². The van der Waals surface area contributed by atoms with E-state index in [1.807, 2.05) is 37.5 Å². The summed E-state index contributed by atoms with van der Waals surface area (Å²) < 4.78 is 8.46. The van der Waals surface area contributed by atoms with E-state index in [0.29, 0.717) is 11.6 Å². The highest BCUT2D eigenvalue weighted by atomic mass is 16.3. The minimum absolute atomic E-state index is 0.317. The molecule has 0 saturated carbocycles. The van der Waals surface area contributed by atoms with Crippen molar-refractivity contribution < 1.29 is 8.98 Å². The lowest BCUT2D eigenvalue weighted by Crippen LogP contribution is -2.30. The average molecular weight is 341 g/mol. The van der Waals surface area contributed by atoms with Crippen molar-refractivity contribution in [2.45, 2.75) is 26.7 Å². The van der Waals surface area contributed by atoms with Crippen LogP contribution in [0.2, 0.25) is 0 Å². The highest BCUT2D eigenvalue weighted by Crippen LogP contribution is 2.41. The third-order valence-electron chi connectivity index (χ3n) is 5.03. The molecule has 4 rings (SSSR count). The number of aryl methyl sites for hydroxylation is 2. The molecule has 3 heteroatoms. The zero-order valence-electron chi connectivity index (χ0n) is 15.5. The summed E-state index contributed by atoms with van der Waals surface area (Å²) in [7, 11) is 2.05. The topological polar surface area (TPSA) is 21.4 Å². The van der Waals surface area contributed by atoms with Gasteiger partial charge in [-0.3, -0.25) is 0 Å². The highest BCUT2D eigenvalue weighted by molar-refractivity contribution is 6.12. The Morgan fingerprint density at radius 3 is 2.62 bits per heavy atom. The molecule has 0 bridgehead atoms. The summed E-state index contributed by atoms with van der Waals surface area (Å²) >= 11 is 0. The summed E-state index contributed by atoms with van der Waals surface area (Å²) in [4.78, 5) is 3.63. The van der Waals surface area contributed by atoms with Gasteiger partial charge in [0.2, 0.25) is 5.69 Å². The summed E-state index contributed by atoms with van der Waals surface area (Å²) in [6.45, 7) is 13.8. The Labute approximate surface area is 153 Å². The third kappa shape index (κ3) is 2.38. The first-order chi connectivity index (χ1) is 12.5. The molecule has 4 aromatic rings. The van der Waals surface area contributed by atoms with E-state index in [2.05, 4.69) is 48.4 Å². The van der Waals surface area contributed by atoms with Gasteiger partial charge in [0.25, 0.3) is 0 Å². The van der Waals surface area contributed by atoms with Gasteiger partial charge in [-0.25, -0.2) is 9.41 Å². The summed E-state index contributed by atoms with van der Waals surface area (Å²) in [6, 6.07) is 14.3. The lowest BCUT2D eigenvalue weighted by Gasteiger charge is -2.08. The van der Waals surface area contributed by atoms with E-state index in [0.717, 1.165) is 33.2 Å². The van der Waals surface area contributed by atoms with E-state index in [1.165, 1.54) is 11.1 Å². The summed E-state index contributed by atoms with van der Waals surface area (Å²) in [5.74, 6) is 0.317. The van der Waals surface area contributed by atoms with Crippen molar-refractivity contribution >= 4 is 27.6 Å². The average Bonchev–Trinajstić information content (AvgIpc) is 2.99. The second-order valence-corrected chi connectivity index (χ2v) is 7.11. The van der Waals surface area contributed by atoms with Crippen LogP contribution in [0.15, 0.2) is 53.1 Å². The van der Waals surface area contributed by atoms with Gasteiger partial charge in [0.05, 0.1) is 12.1 Å². The Hall–Kier alpha value is -3.12. The minimum atomic E-state index is 0.317. The molecule has 0 atom stereocenters. The molecule has 2 aromatic heterocycles. The van der Waals surface area contributed by atoms with Crippen LogP contribution in [0.3, 0.4) is 0 Å². The van der Waals surface area contributed by atoms with Crippen molar-refractivity contribution in [3.8, 4) is 11.3 Å². The van der Waals surface area contributed by atoms with E-state index in [9.17, 15) is 0 Å². The number of pyridine rings is 1. The van der Waals surface area contributed by atoms with E-state index >= 15 is 0 Å². The largest absolute Gasteiger partial charge is 0.456 e. The van der Waals surface area contributed by atoms with Crippen LogP contribution >= 0.6 is 0 Å². The van der Waals surface area contributed by atoms with Gasteiger partial charge in [0.1, 0.15) is 18.2 Å². The molecule has 0 radical (unpaired) electrons. The number of furan rings is 1. The summed E-state index contributed by atoms with van der Waals surface area (Å²) in [5.41, 5.74) is 6.89. The quantitative estimate of drug-likeness (QED) is 0.321. The van der Waals surface area contributed by atoms with Crippen molar-refractivity contribution in [2.24, 2.45) is 7.05 Å². The van der Waals surface area contributed by atoms with E-state index in [1.54, 1.807) is 0 Å². The molecule has 128 valence electrons. The molecule has 0 fully saturated rings. The Balaban J connectivity index is 2.18. The van der Waals surface area contributed by atoms with Gasteiger partial charge >= 0.3 is 0 Å². The molecule has 2 heterocycles. The molecule has 3 nitrogen and oxygen atoms in total. The number of benzene rings is 2. The normalized spacial score (nSPS) is 11.4. The van der Waals surface area contributed by atoms with Crippen LogP contribution in [0.5, 0.6) is 0 Å². The number of aromatic nitrogens is 1. The highest BCUT2D eigenvalue weighted by Gasteiger charge is 2.22. The Bertz CT molecular complexity index is 1190. The minimum Gasteiger partial charge on any atom is -0.456 e. The van der Waals surface area contributed by atoms with Crippen LogP contribution in [0.25, 0.3) is 38.0 Å². The smallest absolute Gasteiger partial charge is 0.216 e. The van der Waals surface area contributed by atoms with E-state index in [-0.39, 0.29) is 0 Å². The van der Waals surface area contributed by atoms with Gasteiger partial charge < -0.3 is 4.42 Å². The molecule has 0 aliphatic heterocycles. The number of hydrogen-bond donors (Lipinski definition) is 0. The molecule has 0 aliphatic carbocycles. The number of fused-ring (bicyclic) bond motifs is 3. The van der Waals surface area contributed by atoms with Crippen LogP contribution in [0, 0.1) is 13.5 Å². The Morgan fingerprint density at radius 1 is 1.12 bits per heavy atom. The molecule has 0 unspecified atom stereocenters. The van der Waals surface area contributed by atoms with Gasteiger partial charge in [0.15, 0.2) is 11.9 Å². The van der Waals surface area contributed by atoms with Gasteiger partial charge in [-0.1, -0.05) is 32.0 Å². The molecule has 0 N–H and O–H groups in total. The fourth-order valence-electron chi connectivity index (χ4n) is 3.71. The predicted octanol–water partition coefficient (Wildman–Crippen LogP) is 6.06. The van der Waals surface area contributed by atoms with Crippen LogP contribution in [0.1, 0.15) is 30.9 Å².